The minimum Gasteiger partial charge on any atom is -0.353 e. The molecule has 0 aromatic carbocycles. The van der Waals surface area contributed by atoms with Crippen LogP contribution in [0.4, 0.5) is 5.82 Å². The fourth-order valence-corrected chi connectivity index (χ4v) is 4.67. The quantitative estimate of drug-likeness (QED) is 0.543. The predicted octanol–water partition coefficient (Wildman–Crippen LogP) is 2.18. The van der Waals surface area contributed by atoms with Gasteiger partial charge in [-0.25, -0.2) is 9.50 Å². The third-order valence-corrected chi connectivity index (χ3v) is 6.45. The number of rotatable bonds is 3. The first kappa shape index (κ1) is 18.8. The first-order chi connectivity index (χ1) is 15.6. The van der Waals surface area contributed by atoms with Crippen LogP contribution in [0.1, 0.15) is 12.0 Å². The number of aryl methyl sites for hydroxylation is 1. The number of nitriles is 1. The molecule has 3 fully saturated rings. The number of pyridine rings is 3. The number of nitrogens with one attached hydrogen (secondary N) is 1. The van der Waals surface area contributed by atoms with E-state index in [0.717, 1.165) is 41.1 Å². The molecule has 3 saturated heterocycles. The molecule has 7 rings (SSSR count). The molecule has 8 nitrogen and oxygen atoms in total. The van der Waals surface area contributed by atoms with Gasteiger partial charge >= 0.3 is 0 Å². The van der Waals surface area contributed by atoms with Crippen molar-refractivity contribution < 1.29 is 0 Å². The normalized spacial score (nSPS) is 19.6. The highest BCUT2D eigenvalue weighted by atomic mass is 16.1. The van der Waals surface area contributed by atoms with Crippen LogP contribution in [0.2, 0.25) is 0 Å². The van der Waals surface area contributed by atoms with Crippen LogP contribution in [0, 0.1) is 11.3 Å². The Labute approximate surface area is 184 Å². The van der Waals surface area contributed by atoms with E-state index in [1.807, 2.05) is 36.5 Å². The van der Waals surface area contributed by atoms with E-state index in [2.05, 4.69) is 26.4 Å². The number of nitrogens with zero attached hydrogens (tertiary/aromatic N) is 6. The topological polar surface area (TPSA) is 91.2 Å². The third kappa shape index (κ3) is 2.98. The Morgan fingerprint density at radius 3 is 2.56 bits per heavy atom. The molecule has 158 valence electrons. The van der Waals surface area contributed by atoms with Crippen LogP contribution in [0.25, 0.3) is 27.9 Å². The van der Waals surface area contributed by atoms with Crippen molar-refractivity contribution in [3.63, 3.8) is 0 Å². The Kier molecular flexibility index (Phi) is 4.13. The SMILES string of the molecule is Cn1ccc(-c2ccc3c(C#N)c(-c4ccc(N5CC6CC(C5)N6)nc4)nn3c2)cc1=O. The summed E-state index contributed by atoms with van der Waals surface area (Å²) in [6, 6.07) is 14.7. The standard InChI is InChI=1S/C24H21N7O/c1-29-7-6-15(8-23(29)32)17-2-4-21-20(10-25)24(28-31(21)12-17)16-3-5-22(26-11-16)30-13-18-9-19(14-30)27-18/h2-8,11-12,18-19,27H,9,13-14H2,1H3. The lowest BCUT2D eigenvalue weighted by Crippen LogP contribution is -2.67. The molecule has 0 aliphatic carbocycles. The van der Waals surface area contributed by atoms with Gasteiger partial charge in [-0.1, -0.05) is 6.07 Å². The largest absolute Gasteiger partial charge is 0.353 e. The van der Waals surface area contributed by atoms with Gasteiger partial charge in [-0.05, 0) is 36.2 Å². The lowest BCUT2D eigenvalue weighted by atomic mass is 9.91. The number of hydrogen-bond acceptors (Lipinski definition) is 6. The Morgan fingerprint density at radius 1 is 1.09 bits per heavy atom. The van der Waals surface area contributed by atoms with Crippen molar-refractivity contribution in [3.05, 3.63) is 70.9 Å². The van der Waals surface area contributed by atoms with Crippen LogP contribution in [0.5, 0.6) is 0 Å². The van der Waals surface area contributed by atoms with Gasteiger partial charge in [-0.3, -0.25) is 4.79 Å². The molecule has 0 amide bonds. The molecule has 3 aliphatic heterocycles. The van der Waals surface area contributed by atoms with E-state index >= 15 is 0 Å². The average molecular weight is 423 g/mol. The molecule has 2 unspecified atom stereocenters. The highest BCUT2D eigenvalue weighted by Gasteiger charge is 2.36. The number of hydrogen-bond donors (Lipinski definition) is 1. The zero-order valence-electron chi connectivity index (χ0n) is 17.6. The van der Waals surface area contributed by atoms with Gasteiger partial charge in [0.05, 0.1) is 5.52 Å². The molecule has 8 heteroatoms. The van der Waals surface area contributed by atoms with Crippen LogP contribution in [-0.2, 0) is 7.05 Å². The molecule has 1 N–H and O–H groups in total. The van der Waals surface area contributed by atoms with E-state index in [1.165, 1.54) is 11.0 Å². The molecule has 0 saturated carbocycles. The maximum absolute atomic E-state index is 12.0. The van der Waals surface area contributed by atoms with E-state index < -0.39 is 0 Å². The third-order valence-electron chi connectivity index (χ3n) is 6.45. The summed E-state index contributed by atoms with van der Waals surface area (Å²) in [6.07, 6.45) is 6.64. The van der Waals surface area contributed by atoms with Gasteiger partial charge in [0.1, 0.15) is 23.1 Å². The van der Waals surface area contributed by atoms with Gasteiger partial charge < -0.3 is 14.8 Å². The van der Waals surface area contributed by atoms with Crippen molar-refractivity contribution in [1.29, 1.82) is 5.26 Å². The highest BCUT2D eigenvalue weighted by molar-refractivity contribution is 5.78. The van der Waals surface area contributed by atoms with E-state index in [-0.39, 0.29) is 5.56 Å². The van der Waals surface area contributed by atoms with Crippen molar-refractivity contribution in [2.75, 3.05) is 18.0 Å². The summed E-state index contributed by atoms with van der Waals surface area (Å²) in [6.45, 7) is 1.96. The summed E-state index contributed by atoms with van der Waals surface area (Å²) < 4.78 is 3.24. The smallest absolute Gasteiger partial charge is 0.250 e. The Morgan fingerprint density at radius 2 is 1.88 bits per heavy atom. The summed E-state index contributed by atoms with van der Waals surface area (Å²) in [5.41, 5.74) is 4.25. The molecule has 2 atom stereocenters. The van der Waals surface area contributed by atoms with Crippen LogP contribution in [0.3, 0.4) is 0 Å². The monoisotopic (exact) mass is 423 g/mol. The van der Waals surface area contributed by atoms with Gasteiger partial charge in [0.25, 0.3) is 5.56 Å². The van der Waals surface area contributed by atoms with Crippen LogP contribution >= 0.6 is 0 Å². The average Bonchev–Trinajstić information content (AvgIpc) is 3.18. The van der Waals surface area contributed by atoms with Crippen LogP contribution < -0.4 is 15.8 Å². The van der Waals surface area contributed by atoms with E-state index in [1.54, 1.807) is 30.0 Å². The first-order valence-corrected chi connectivity index (χ1v) is 10.7. The second-order valence-electron chi connectivity index (χ2n) is 8.55. The van der Waals surface area contributed by atoms with Gasteiger partial charge in [0.2, 0.25) is 0 Å². The van der Waals surface area contributed by atoms with Crippen molar-refractivity contribution in [1.82, 2.24) is 24.5 Å². The highest BCUT2D eigenvalue weighted by Crippen LogP contribution is 2.30. The van der Waals surface area contributed by atoms with Gasteiger partial charge in [0, 0.05) is 68.0 Å². The van der Waals surface area contributed by atoms with Gasteiger partial charge in [-0.15, -0.1) is 0 Å². The zero-order chi connectivity index (χ0) is 21.8. The molecule has 0 radical (unpaired) electrons. The summed E-state index contributed by atoms with van der Waals surface area (Å²) in [4.78, 5) is 19.0. The fraction of sp³-hybridized carbons (Fsp3) is 0.250. The maximum Gasteiger partial charge on any atom is 0.250 e. The summed E-state index contributed by atoms with van der Waals surface area (Å²) in [5.74, 6) is 0.958. The van der Waals surface area contributed by atoms with Crippen LogP contribution in [-0.4, -0.2) is 44.3 Å². The molecule has 3 aliphatic rings. The van der Waals surface area contributed by atoms with Crippen molar-refractivity contribution in [2.45, 2.75) is 18.5 Å². The van der Waals surface area contributed by atoms with Gasteiger partial charge in [0.15, 0.2) is 0 Å². The zero-order valence-corrected chi connectivity index (χ0v) is 17.6. The Bertz CT molecular complexity index is 1430. The molecule has 0 spiro atoms. The van der Waals surface area contributed by atoms with Crippen molar-refractivity contribution in [3.8, 4) is 28.5 Å². The van der Waals surface area contributed by atoms with E-state index in [0.29, 0.717) is 23.3 Å². The maximum atomic E-state index is 12.0. The molecular weight excluding hydrogens is 402 g/mol. The second kappa shape index (κ2) is 7.04. The summed E-state index contributed by atoms with van der Waals surface area (Å²) in [5, 5.41) is 18.0. The minimum absolute atomic E-state index is 0.0746. The molecular formula is C24H21N7O. The minimum atomic E-state index is -0.0746. The first-order valence-electron chi connectivity index (χ1n) is 10.7. The molecule has 7 heterocycles. The summed E-state index contributed by atoms with van der Waals surface area (Å²) >= 11 is 0. The number of piperazine rings is 1. The second-order valence-corrected chi connectivity index (χ2v) is 8.55. The molecule has 32 heavy (non-hydrogen) atoms. The summed E-state index contributed by atoms with van der Waals surface area (Å²) in [7, 11) is 1.72. The fourth-order valence-electron chi connectivity index (χ4n) is 4.67. The number of aromatic nitrogens is 4. The number of fused-ring (bicyclic) bond motifs is 3. The van der Waals surface area contributed by atoms with E-state index in [4.69, 9.17) is 0 Å². The van der Waals surface area contributed by atoms with Crippen molar-refractivity contribution >= 4 is 11.3 Å². The van der Waals surface area contributed by atoms with Crippen LogP contribution in [0.15, 0.2) is 59.8 Å². The predicted molar refractivity (Wildman–Crippen MR) is 121 cm³/mol. The molecule has 4 aromatic rings. The van der Waals surface area contributed by atoms with Crippen molar-refractivity contribution in [2.24, 2.45) is 7.05 Å². The van der Waals surface area contributed by atoms with E-state index in [9.17, 15) is 10.1 Å². The van der Waals surface area contributed by atoms with Gasteiger partial charge in [-0.2, -0.15) is 10.4 Å². The Hall–Kier alpha value is -3.96. The molecule has 4 aromatic heterocycles. The Balaban J connectivity index is 1.36. The lowest BCUT2D eigenvalue weighted by molar-refractivity contribution is 0.225. The number of anilines is 1. The lowest BCUT2D eigenvalue weighted by Gasteiger charge is -2.48. The number of piperidine rings is 1. The molecule has 2 bridgehead atoms.